The number of rotatable bonds is 3. The van der Waals surface area contributed by atoms with Gasteiger partial charge in [-0.1, -0.05) is 0 Å². The molecule has 0 saturated carbocycles. The fourth-order valence-corrected chi connectivity index (χ4v) is 2.82. The molecule has 0 fully saturated rings. The normalized spacial score (nSPS) is 13.0. The van der Waals surface area contributed by atoms with Crippen LogP contribution in [0.2, 0.25) is 0 Å². The van der Waals surface area contributed by atoms with Crippen molar-refractivity contribution in [1.82, 2.24) is 14.9 Å². The van der Waals surface area contributed by atoms with Crippen molar-refractivity contribution in [3.63, 3.8) is 0 Å². The smallest absolute Gasteiger partial charge is 0.231 e. The van der Waals surface area contributed by atoms with Gasteiger partial charge in [0, 0.05) is 12.6 Å². The molecule has 1 aliphatic heterocycles. The van der Waals surface area contributed by atoms with Gasteiger partial charge in [-0.3, -0.25) is 0 Å². The quantitative estimate of drug-likeness (QED) is 0.935. The fourth-order valence-electron chi connectivity index (χ4n) is 2.31. The number of aryl methyl sites for hydroxylation is 1. The highest BCUT2D eigenvalue weighted by Crippen LogP contribution is 2.40. The molecular formula is C14H16BrN3O2. The molecule has 1 aliphatic rings. The van der Waals surface area contributed by atoms with Crippen LogP contribution in [0.15, 0.2) is 16.7 Å². The van der Waals surface area contributed by atoms with Gasteiger partial charge in [0.05, 0.1) is 6.54 Å². The van der Waals surface area contributed by atoms with E-state index in [9.17, 15) is 0 Å². The van der Waals surface area contributed by atoms with Crippen molar-refractivity contribution in [2.24, 2.45) is 7.05 Å². The molecule has 0 aliphatic carbocycles. The average molecular weight is 338 g/mol. The Labute approximate surface area is 126 Å². The molecular weight excluding hydrogens is 322 g/mol. The Balaban J connectivity index is 2.11. The predicted octanol–water partition coefficient (Wildman–Crippen LogP) is 2.61. The Hall–Kier alpha value is -1.53. The lowest BCUT2D eigenvalue weighted by atomic mass is 10.1. The van der Waals surface area contributed by atoms with Crippen LogP contribution in [-0.2, 0) is 13.6 Å². The number of ether oxygens (including phenoxy) is 2. The summed E-state index contributed by atoms with van der Waals surface area (Å²) in [6, 6.07) is 3.99. The molecule has 1 aromatic carbocycles. The van der Waals surface area contributed by atoms with E-state index in [1.807, 2.05) is 30.8 Å². The zero-order valence-corrected chi connectivity index (χ0v) is 13.2. The summed E-state index contributed by atoms with van der Waals surface area (Å²) in [5.41, 5.74) is 3.09. The van der Waals surface area contributed by atoms with E-state index < -0.39 is 0 Å². The van der Waals surface area contributed by atoms with Gasteiger partial charge in [-0.2, -0.15) is 0 Å². The fraction of sp³-hybridized carbons (Fsp3) is 0.357. The maximum Gasteiger partial charge on any atom is 0.231 e. The maximum absolute atomic E-state index is 5.46. The van der Waals surface area contributed by atoms with Gasteiger partial charge >= 0.3 is 0 Å². The predicted molar refractivity (Wildman–Crippen MR) is 80.0 cm³/mol. The van der Waals surface area contributed by atoms with E-state index in [4.69, 9.17) is 14.5 Å². The maximum atomic E-state index is 5.46. The summed E-state index contributed by atoms with van der Waals surface area (Å²) in [6.07, 6.45) is 0. The van der Waals surface area contributed by atoms with E-state index in [0.29, 0.717) is 0 Å². The van der Waals surface area contributed by atoms with Crippen LogP contribution in [0, 0.1) is 6.92 Å². The molecule has 5 nitrogen and oxygen atoms in total. The largest absolute Gasteiger partial charge is 0.454 e. The number of nitrogens with one attached hydrogen (secondary N) is 1. The van der Waals surface area contributed by atoms with Crippen molar-refractivity contribution in [2.45, 2.75) is 13.5 Å². The highest BCUT2D eigenvalue weighted by atomic mass is 79.9. The molecule has 0 amide bonds. The number of halogens is 1. The second-order valence-corrected chi connectivity index (χ2v) is 5.53. The summed E-state index contributed by atoms with van der Waals surface area (Å²) in [5, 5.41) is 3.12. The zero-order valence-electron chi connectivity index (χ0n) is 11.7. The van der Waals surface area contributed by atoms with Gasteiger partial charge in [-0.25, -0.2) is 4.98 Å². The molecule has 0 radical (unpaired) electrons. The molecule has 20 heavy (non-hydrogen) atoms. The lowest BCUT2D eigenvalue weighted by molar-refractivity contribution is 0.174. The van der Waals surface area contributed by atoms with Crippen molar-refractivity contribution in [3.05, 3.63) is 28.1 Å². The van der Waals surface area contributed by atoms with Crippen molar-refractivity contribution >= 4 is 15.9 Å². The van der Waals surface area contributed by atoms with Crippen molar-refractivity contribution in [1.29, 1.82) is 0 Å². The molecule has 0 bridgehead atoms. The van der Waals surface area contributed by atoms with Crippen LogP contribution in [0.25, 0.3) is 11.3 Å². The van der Waals surface area contributed by atoms with Crippen LogP contribution in [0.5, 0.6) is 11.5 Å². The third-order valence-electron chi connectivity index (χ3n) is 3.43. The number of aromatic nitrogens is 2. The molecule has 1 N–H and O–H groups in total. The standard InChI is InChI=1S/C14H16BrN3O2/c1-8-4-10-11(20-7-19-10)5-9(8)13-14(15)18(3)12(17-13)6-16-2/h4-5,16H,6-7H2,1-3H3. The summed E-state index contributed by atoms with van der Waals surface area (Å²) in [4.78, 5) is 4.71. The minimum absolute atomic E-state index is 0.284. The van der Waals surface area contributed by atoms with Crippen LogP contribution < -0.4 is 14.8 Å². The number of fused-ring (bicyclic) bond motifs is 1. The van der Waals surface area contributed by atoms with Crippen molar-refractivity contribution in [3.8, 4) is 22.8 Å². The zero-order chi connectivity index (χ0) is 14.3. The second-order valence-electron chi connectivity index (χ2n) is 4.78. The van der Waals surface area contributed by atoms with Crippen molar-refractivity contribution in [2.75, 3.05) is 13.8 Å². The topological polar surface area (TPSA) is 48.3 Å². The van der Waals surface area contributed by atoms with Gasteiger partial charge in [-0.15, -0.1) is 0 Å². The molecule has 0 spiro atoms. The van der Waals surface area contributed by atoms with E-state index in [2.05, 4.69) is 28.2 Å². The lowest BCUT2D eigenvalue weighted by Crippen LogP contribution is -2.10. The first-order valence-electron chi connectivity index (χ1n) is 6.38. The van der Waals surface area contributed by atoms with Gasteiger partial charge < -0.3 is 19.4 Å². The van der Waals surface area contributed by atoms with Gasteiger partial charge in [0.2, 0.25) is 6.79 Å². The van der Waals surface area contributed by atoms with Gasteiger partial charge in [0.15, 0.2) is 11.5 Å². The van der Waals surface area contributed by atoms with E-state index in [1.165, 1.54) is 0 Å². The summed E-state index contributed by atoms with van der Waals surface area (Å²) < 4.78 is 13.9. The van der Waals surface area contributed by atoms with Crippen LogP contribution in [0.4, 0.5) is 0 Å². The molecule has 1 aromatic heterocycles. The molecule has 0 atom stereocenters. The number of hydrogen-bond donors (Lipinski definition) is 1. The number of nitrogens with zero attached hydrogens (tertiary/aromatic N) is 2. The van der Waals surface area contributed by atoms with Crippen LogP contribution in [-0.4, -0.2) is 23.4 Å². The van der Waals surface area contributed by atoms with Gasteiger partial charge in [0.1, 0.15) is 16.1 Å². The van der Waals surface area contributed by atoms with E-state index in [-0.39, 0.29) is 6.79 Å². The van der Waals surface area contributed by atoms with Crippen LogP contribution in [0.1, 0.15) is 11.4 Å². The number of benzene rings is 1. The Morgan fingerprint density at radius 3 is 2.75 bits per heavy atom. The summed E-state index contributed by atoms with van der Waals surface area (Å²) in [5.74, 6) is 2.55. The summed E-state index contributed by atoms with van der Waals surface area (Å²) >= 11 is 3.62. The Bertz CT molecular complexity index is 667. The highest BCUT2D eigenvalue weighted by Gasteiger charge is 2.20. The Morgan fingerprint density at radius 1 is 1.35 bits per heavy atom. The summed E-state index contributed by atoms with van der Waals surface area (Å²) in [6.45, 7) is 3.06. The summed E-state index contributed by atoms with van der Waals surface area (Å²) in [7, 11) is 3.91. The lowest BCUT2D eigenvalue weighted by Gasteiger charge is -2.06. The first-order chi connectivity index (χ1) is 9.61. The van der Waals surface area contributed by atoms with Crippen LogP contribution in [0.3, 0.4) is 0 Å². The molecule has 3 rings (SSSR count). The molecule has 6 heteroatoms. The molecule has 0 saturated heterocycles. The first kappa shape index (κ1) is 13.5. The molecule has 2 heterocycles. The third kappa shape index (κ3) is 2.09. The number of imidazole rings is 1. The molecule has 0 unspecified atom stereocenters. The molecule has 106 valence electrons. The SMILES string of the molecule is CNCc1nc(-c2cc3c(cc2C)OCO3)c(Br)n1C. The third-order valence-corrected chi connectivity index (χ3v) is 4.34. The minimum Gasteiger partial charge on any atom is -0.454 e. The van der Waals surface area contributed by atoms with Crippen molar-refractivity contribution < 1.29 is 9.47 Å². The van der Waals surface area contributed by atoms with E-state index >= 15 is 0 Å². The van der Waals surface area contributed by atoms with Gasteiger partial charge in [-0.05, 0) is 47.6 Å². The first-order valence-corrected chi connectivity index (χ1v) is 7.17. The minimum atomic E-state index is 0.284. The monoisotopic (exact) mass is 337 g/mol. The Kier molecular flexibility index (Phi) is 3.43. The molecule has 2 aromatic rings. The van der Waals surface area contributed by atoms with Crippen LogP contribution >= 0.6 is 15.9 Å². The Morgan fingerprint density at radius 2 is 2.05 bits per heavy atom. The average Bonchev–Trinajstić information content (AvgIpc) is 2.97. The van der Waals surface area contributed by atoms with E-state index in [1.54, 1.807) is 0 Å². The van der Waals surface area contributed by atoms with Gasteiger partial charge in [0.25, 0.3) is 0 Å². The number of hydrogen-bond acceptors (Lipinski definition) is 4. The van der Waals surface area contributed by atoms with E-state index in [0.717, 1.165) is 45.3 Å². The second kappa shape index (κ2) is 5.10. The highest BCUT2D eigenvalue weighted by molar-refractivity contribution is 9.10.